The van der Waals surface area contributed by atoms with E-state index in [2.05, 4.69) is 27.5 Å². The van der Waals surface area contributed by atoms with Gasteiger partial charge in [-0.05, 0) is 31.9 Å². The second kappa shape index (κ2) is 8.60. The Balaban J connectivity index is 1.88. The summed E-state index contributed by atoms with van der Waals surface area (Å²) in [7, 11) is 0. The highest BCUT2D eigenvalue weighted by atomic mass is 32.2. The van der Waals surface area contributed by atoms with Crippen molar-refractivity contribution in [2.45, 2.75) is 51.1 Å². The van der Waals surface area contributed by atoms with Crippen molar-refractivity contribution in [3.05, 3.63) is 45.2 Å². The fourth-order valence-corrected chi connectivity index (χ4v) is 4.08. The fraction of sp³-hybridized carbons (Fsp3) is 0.400. The van der Waals surface area contributed by atoms with Crippen molar-refractivity contribution in [2.24, 2.45) is 0 Å². The zero-order chi connectivity index (χ0) is 20.3. The maximum Gasteiger partial charge on any atom is 0.257 e. The molecule has 0 radical (unpaired) electrons. The summed E-state index contributed by atoms with van der Waals surface area (Å²) in [6, 6.07) is 5.69. The summed E-state index contributed by atoms with van der Waals surface area (Å²) in [6.07, 6.45) is 1.95. The molecule has 1 aromatic carbocycles. The van der Waals surface area contributed by atoms with Crippen molar-refractivity contribution in [1.29, 1.82) is 0 Å². The molecule has 0 bridgehead atoms. The van der Waals surface area contributed by atoms with E-state index >= 15 is 0 Å². The third kappa shape index (κ3) is 4.44. The van der Waals surface area contributed by atoms with Crippen molar-refractivity contribution >= 4 is 35.1 Å². The molecule has 2 heterocycles. The Bertz CT molecular complexity index is 970. The number of aromatic amines is 1. The summed E-state index contributed by atoms with van der Waals surface area (Å²) >= 11 is 1.43. The molecule has 28 heavy (non-hydrogen) atoms. The lowest BCUT2D eigenvalue weighted by Crippen LogP contribution is -2.36. The maximum absolute atomic E-state index is 12.9. The molecule has 2 aromatic rings. The molecule has 7 nitrogen and oxygen atoms in total. The highest BCUT2D eigenvalue weighted by Crippen LogP contribution is 2.31. The molecule has 2 amide bonds. The van der Waals surface area contributed by atoms with Gasteiger partial charge in [-0.15, -0.1) is 0 Å². The molecule has 0 saturated heterocycles. The first kappa shape index (κ1) is 20.1. The van der Waals surface area contributed by atoms with Gasteiger partial charge in [0.05, 0.1) is 11.5 Å². The van der Waals surface area contributed by atoms with Gasteiger partial charge in [-0.2, -0.15) is 0 Å². The third-order valence-electron chi connectivity index (χ3n) is 4.62. The highest BCUT2D eigenvalue weighted by Gasteiger charge is 2.34. The number of aryl methyl sites for hydroxylation is 2. The van der Waals surface area contributed by atoms with Crippen LogP contribution in [0.3, 0.4) is 0 Å². The lowest BCUT2D eigenvalue weighted by atomic mass is 9.92. The van der Waals surface area contributed by atoms with Crippen LogP contribution >= 0.6 is 11.8 Å². The predicted molar refractivity (Wildman–Crippen MR) is 111 cm³/mol. The Kier molecular flexibility index (Phi) is 6.18. The first-order valence-corrected chi connectivity index (χ1v) is 10.3. The van der Waals surface area contributed by atoms with Crippen LogP contribution in [0, 0.1) is 13.8 Å². The Labute approximate surface area is 167 Å². The van der Waals surface area contributed by atoms with Crippen LogP contribution in [0.4, 0.5) is 11.5 Å². The normalized spacial score (nSPS) is 15.7. The highest BCUT2D eigenvalue weighted by molar-refractivity contribution is 7.99. The van der Waals surface area contributed by atoms with Gasteiger partial charge >= 0.3 is 0 Å². The molecule has 0 spiro atoms. The Morgan fingerprint density at radius 1 is 1.32 bits per heavy atom. The largest absolute Gasteiger partial charge is 0.325 e. The topological polar surface area (TPSA) is 104 Å². The number of amides is 2. The van der Waals surface area contributed by atoms with Crippen LogP contribution in [0.1, 0.15) is 48.8 Å². The summed E-state index contributed by atoms with van der Waals surface area (Å²) in [5.41, 5.74) is 2.50. The number of aromatic nitrogens is 2. The van der Waals surface area contributed by atoms with Gasteiger partial charge in [0.1, 0.15) is 5.82 Å². The lowest BCUT2D eigenvalue weighted by Gasteiger charge is -2.24. The minimum absolute atomic E-state index is 0.0865. The molecule has 1 unspecified atom stereocenters. The van der Waals surface area contributed by atoms with Crippen molar-refractivity contribution in [1.82, 2.24) is 9.97 Å². The van der Waals surface area contributed by atoms with E-state index in [0.29, 0.717) is 10.8 Å². The van der Waals surface area contributed by atoms with Crippen LogP contribution in [-0.2, 0) is 9.59 Å². The average molecular weight is 401 g/mol. The van der Waals surface area contributed by atoms with E-state index in [0.717, 1.165) is 29.7 Å². The number of hydrogen-bond acceptors (Lipinski definition) is 5. The summed E-state index contributed by atoms with van der Waals surface area (Å²) in [4.78, 5) is 44.8. The molecule has 8 heteroatoms. The molecule has 3 N–H and O–H groups in total. The van der Waals surface area contributed by atoms with Gasteiger partial charge < -0.3 is 15.6 Å². The Morgan fingerprint density at radius 3 is 2.82 bits per heavy atom. The van der Waals surface area contributed by atoms with E-state index < -0.39 is 5.92 Å². The number of H-pyrrole nitrogens is 1. The number of anilines is 2. The number of nitrogens with zero attached hydrogens (tertiary/aromatic N) is 1. The van der Waals surface area contributed by atoms with E-state index in [-0.39, 0.29) is 35.2 Å². The van der Waals surface area contributed by atoms with E-state index in [1.54, 1.807) is 0 Å². The van der Waals surface area contributed by atoms with E-state index in [9.17, 15) is 14.4 Å². The van der Waals surface area contributed by atoms with E-state index in [1.807, 2.05) is 32.0 Å². The van der Waals surface area contributed by atoms with Gasteiger partial charge in [0.25, 0.3) is 5.56 Å². The zero-order valence-electron chi connectivity index (χ0n) is 16.2. The Hall–Kier alpha value is -2.61. The molecule has 0 fully saturated rings. The van der Waals surface area contributed by atoms with Crippen LogP contribution in [0.25, 0.3) is 0 Å². The molecule has 1 aliphatic heterocycles. The van der Waals surface area contributed by atoms with Gasteiger partial charge in [-0.3, -0.25) is 14.4 Å². The summed E-state index contributed by atoms with van der Waals surface area (Å²) in [5.74, 6) is -0.587. The van der Waals surface area contributed by atoms with E-state index in [1.165, 1.54) is 11.8 Å². The number of benzene rings is 1. The SMILES string of the molecule is CCCCSc1nc2c(c(=O)[nH]1)C(C(=O)Nc1ccc(C)cc1C)CC(=O)N2. The lowest BCUT2D eigenvalue weighted by molar-refractivity contribution is -0.123. The molecular formula is C20H24N4O3S. The van der Waals surface area contributed by atoms with Gasteiger partial charge in [-0.25, -0.2) is 4.98 Å². The van der Waals surface area contributed by atoms with Gasteiger partial charge in [-0.1, -0.05) is 42.8 Å². The number of thioether (sulfide) groups is 1. The number of fused-ring (bicyclic) bond motifs is 1. The minimum Gasteiger partial charge on any atom is -0.325 e. The van der Waals surface area contributed by atoms with Crippen molar-refractivity contribution < 1.29 is 9.59 Å². The minimum atomic E-state index is -0.879. The monoisotopic (exact) mass is 400 g/mol. The van der Waals surface area contributed by atoms with Crippen LogP contribution in [0.2, 0.25) is 0 Å². The fourth-order valence-electron chi connectivity index (χ4n) is 3.13. The first-order valence-electron chi connectivity index (χ1n) is 9.34. The van der Waals surface area contributed by atoms with Gasteiger partial charge in [0.2, 0.25) is 11.8 Å². The van der Waals surface area contributed by atoms with Crippen LogP contribution in [0.15, 0.2) is 28.2 Å². The van der Waals surface area contributed by atoms with E-state index in [4.69, 9.17) is 0 Å². The molecule has 148 valence electrons. The summed E-state index contributed by atoms with van der Waals surface area (Å²) in [6.45, 7) is 5.96. The van der Waals surface area contributed by atoms with Crippen molar-refractivity contribution in [3.63, 3.8) is 0 Å². The standard InChI is InChI=1S/C20H24N4O3S/c1-4-5-8-28-20-23-17-16(19(27)24-20)13(10-15(25)22-17)18(26)21-14-7-6-11(2)9-12(14)3/h6-7,9,13H,4-5,8,10H2,1-3H3,(H,21,26)(H2,22,23,24,25,27). The molecule has 0 aliphatic carbocycles. The quantitative estimate of drug-likeness (QED) is 0.392. The number of carbonyl (C=O) groups is 2. The van der Waals surface area contributed by atoms with Crippen LogP contribution < -0.4 is 16.2 Å². The van der Waals surface area contributed by atoms with Crippen molar-refractivity contribution in [2.75, 3.05) is 16.4 Å². The number of carbonyl (C=O) groups excluding carboxylic acids is 2. The number of hydrogen-bond donors (Lipinski definition) is 3. The molecular weight excluding hydrogens is 376 g/mol. The smallest absolute Gasteiger partial charge is 0.257 e. The molecule has 3 rings (SSSR count). The number of unbranched alkanes of at least 4 members (excludes halogenated alkanes) is 1. The second-order valence-electron chi connectivity index (χ2n) is 6.95. The zero-order valence-corrected chi connectivity index (χ0v) is 17.0. The second-order valence-corrected chi connectivity index (χ2v) is 8.03. The van der Waals surface area contributed by atoms with Crippen LogP contribution in [0.5, 0.6) is 0 Å². The van der Waals surface area contributed by atoms with Crippen molar-refractivity contribution in [3.8, 4) is 0 Å². The van der Waals surface area contributed by atoms with Gasteiger partial charge in [0.15, 0.2) is 5.16 Å². The third-order valence-corrected chi connectivity index (χ3v) is 5.58. The molecule has 0 saturated carbocycles. The number of rotatable bonds is 6. The van der Waals surface area contributed by atoms with Gasteiger partial charge in [0, 0.05) is 17.9 Å². The predicted octanol–water partition coefficient (Wildman–Crippen LogP) is 3.34. The molecule has 1 aliphatic rings. The average Bonchev–Trinajstić information content (AvgIpc) is 2.63. The van der Waals surface area contributed by atoms with Crippen LogP contribution in [-0.4, -0.2) is 27.5 Å². The first-order chi connectivity index (χ1) is 13.4. The molecule has 1 atom stereocenters. The Morgan fingerprint density at radius 2 is 2.11 bits per heavy atom. The number of nitrogens with one attached hydrogen (secondary N) is 3. The summed E-state index contributed by atoms with van der Waals surface area (Å²) in [5, 5.41) is 5.94. The summed E-state index contributed by atoms with van der Waals surface area (Å²) < 4.78 is 0. The molecule has 1 aromatic heterocycles. The maximum atomic E-state index is 12.9.